The number of nitro groups is 1. The number of benzene rings is 2. The first-order valence-electron chi connectivity index (χ1n) is 8.30. The molecule has 2 aromatic rings. The normalized spacial score (nSPS) is 25.4. The van der Waals surface area contributed by atoms with Crippen molar-refractivity contribution in [3.63, 3.8) is 0 Å². The number of methoxy groups -OCH3 is 1. The highest BCUT2D eigenvalue weighted by molar-refractivity contribution is 6.32. The molecule has 0 unspecified atom stereocenters. The maximum atomic E-state index is 13.3. The molecule has 0 bridgehead atoms. The van der Waals surface area contributed by atoms with Gasteiger partial charge in [0.25, 0.3) is 5.69 Å². The lowest BCUT2D eigenvalue weighted by Crippen LogP contribution is -2.40. The summed E-state index contributed by atoms with van der Waals surface area (Å²) in [6.07, 6.45) is 0. The lowest BCUT2D eigenvalue weighted by atomic mass is 9.91. The largest absolute Gasteiger partial charge is 0.469 e. The Morgan fingerprint density at radius 1 is 1.14 bits per heavy atom. The molecule has 4 rings (SSSR count). The summed E-state index contributed by atoms with van der Waals surface area (Å²) in [4.78, 5) is 49.8. The van der Waals surface area contributed by atoms with Crippen LogP contribution in [0.15, 0.2) is 48.5 Å². The summed E-state index contributed by atoms with van der Waals surface area (Å²) in [5.41, 5.74) is -0.797. The van der Waals surface area contributed by atoms with Crippen LogP contribution >= 0.6 is 11.6 Å². The van der Waals surface area contributed by atoms with Gasteiger partial charge in [-0.25, -0.2) is 4.90 Å². The molecule has 1 saturated carbocycles. The molecule has 1 aliphatic carbocycles. The Labute approximate surface area is 163 Å². The van der Waals surface area contributed by atoms with E-state index in [1.54, 1.807) is 24.3 Å². The number of fused-ring (bicyclic) bond motifs is 1. The molecule has 3 atom stereocenters. The molecular formula is C19H13ClN2O6. The minimum absolute atomic E-state index is 0.159. The highest BCUT2D eigenvalue weighted by Crippen LogP contribution is 2.66. The summed E-state index contributed by atoms with van der Waals surface area (Å²) < 4.78 is 4.80. The van der Waals surface area contributed by atoms with Gasteiger partial charge >= 0.3 is 5.97 Å². The Balaban J connectivity index is 1.78. The smallest absolute Gasteiger partial charge is 0.310 e. The molecule has 1 aliphatic heterocycles. The van der Waals surface area contributed by atoms with Crippen molar-refractivity contribution in [1.29, 1.82) is 0 Å². The highest BCUT2D eigenvalue weighted by atomic mass is 35.5. The van der Waals surface area contributed by atoms with Crippen molar-refractivity contribution in [3.8, 4) is 0 Å². The van der Waals surface area contributed by atoms with Crippen LogP contribution in [0.1, 0.15) is 5.56 Å². The fraction of sp³-hybridized carbons (Fsp3) is 0.211. The molecule has 28 heavy (non-hydrogen) atoms. The minimum Gasteiger partial charge on any atom is -0.469 e. The summed E-state index contributed by atoms with van der Waals surface area (Å²) in [5.74, 6) is -3.53. The van der Waals surface area contributed by atoms with E-state index in [1.165, 1.54) is 31.4 Å². The van der Waals surface area contributed by atoms with E-state index in [-0.39, 0.29) is 11.4 Å². The van der Waals surface area contributed by atoms with E-state index in [4.69, 9.17) is 16.3 Å². The van der Waals surface area contributed by atoms with Gasteiger partial charge in [0.05, 0.1) is 29.6 Å². The van der Waals surface area contributed by atoms with Gasteiger partial charge in [0.1, 0.15) is 5.41 Å². The second kappa shape index (κ2) is 6.13. The number of anilines is 1. The molecule has 2 amide bonds. The number of rotatable bonds is 4. The van der Waals surface area contributed by atoms with Crippen molar-refractivity contribution in [2.24, 2.45) is 11.8 Å². The van der Waals surface area contributed by atoms with Gasteiger partial charge < -0.3 is 4.74 Å². The van der Waals surface area contributed by atoms with E-state index >= 15 is 0 Å². The Hall–Kier alpha value is -3.26. The quantitative estimate of drug-likeness (QED) is 0.338. The third kappa shape index (κ3) is 2.27. The summed E-state index contributed by atoms with van der Waals surface area (Å²) in [6, 6.07) is 11.5. The molecule has 0 N–H and O–H groups in total. The number of non-ortho nitro benzene ring substituents is 1. The van der Waals surface area contributed by atoms with Gasteiger partial charge in [0.15, 0.2) is 0 Å². The van der Waals surface area contributed by atoms with E-state index in [0.717, 1.165) is 4.90 Å². The molecule has 142 valence electrons. The average Bonchev–Trinajstić information content (AvgIpc) is 3.33. The van der Waals surface area contributed by atoms with Crippen molar-refractivity contribution in [2.45, 2.75) is 5.41 Å². The monoisotopic (exact) mass is 400 g/mol. The standard InChI is InChI=1S/C19H13ClN2O6/c1-28-17(24)15-14-16(23)21(12-6-8-13(9-7-12)22(26)27)18(25)19(14,15)10-2-4-11(20)5-3-10/h2-9,14-15H,1H3/t14-,15+,19-/m1/s1. The number of carbonyl (C=O) groups excluding carboxylic acids is 3. The first-order chi connectivity index (χ1) is 13.3. The number of imide groups is 1. The number of hydrogen-bond acceptors (Lipinski definition) is 6. The second-order valence-corrected chi connectivity index (χ2v) is 7.04. The number of carbonyl (C=O) groups is 3. The van der Waals surface area contributed by atoms with Gasteiger partial charge in [0, 0.05) is 17.2 Å². The Morgan fingerprint density at radius 3 is 2.29 bits per heavy atom. The predicted molar refractivity (Wildman–Crippen MR) is 97.7 cm³/mol. The first-order valence-corrected chi connectivity index (χ1v) is 8.68. The number of nitrogens with zero attached hydrogens (tertiary/aromatic N) is 2. The van der Waals surface area contributed by atoms with Crippen molar-refractivity contribution in [1.82, 2.24) is 0 Å². The van der Waals surface area contributed by atoms with Crippen LogP contribution in [0.25, 0.3) is 0 Å². The van der Waals surface area contributed by atoms with Crippen LogP contribution in [-0.4, -0.2) is 29.8 Å². The number of halogens is 1. The number of ether oxygens (including phenoxy) is 1. The van der Waals surface area contributed by atoms with Crippen LogP contribution < -0.4 is 4.90 Å². The van der Waals surface area contributed by atoms with E-state index in [0.29, 0.717) is 10.6 Å². The molecule has 8 nitrogen and oxygen atoms in total. The molecule has 1 heterocycles. The fourth-order valence-corrected chi connectivity index (χ4v) is 4.17. The summed E-state index contributed by atoms with van der Waals surface area (Å²) in [6.45, 7) is 0. The van der Waals surface area contributed by atoms with Gasteiger partial charge in [0.2, 0.25) is 11.8 Å². The van der Waals surface area contributed by atoms with Crippen LogP contribution in [0.2, 0.25) is 5.02 Å². The minimum atomic E-state index is -1.35. The van der Waals surface area contributed by atoms with Gasteiger partial charge in [-0.3, -0.25) is 24.5 Å². The molecule has 1 saturated heterocycles. The fourth-order valence-electron chi connectivity index (χ4n) is 4.04. The molecule has 9 heteroatoms. The second-order valence-electron chi connectivity index (χ2n) is 6.61. The number of esters is 1. The van der Waals surface area contributed by atoms with E-state index in [2.05, 4.69) is 0 Å². The average molecular weight is 401 g/mol. The zero-order chi connectivity index (χ0) is 20.2. The maximum Gasteiger partial charge on any atom is 0.310 e. The lowest BCUT2D eigenvalue weighted by molar-refractivity contribution is -0.384. The SMILES string of the molecule is COC(=O)[C@@H]1[C@@H]2C(=O)N(c3ccc([N+](=O)[O-])cc3)C(=O)[C@@]12c1ccc(Cl)cc1. The zero-order valence-corrected chi connectivity index (χ0v) is 15.3. The van der Waals surface area contributed by atoms with E-state index in [1.807, 2.05) is 0 Å². The van der Waals surface area contributed by atoms with Crippen LogP contribution in [0, 0.1) is 22.0 Å². The molecular weight excluding hydrogens is 388 g/mol. The Kier molecular flexibility index (Phi) is 3.97. The van der Waals surface area contributed by atoms with Crippen LogP contribution in [-0.2, 0) is 24.5 Å². The molecule has 0 aromatic heterocycles. The molecule has 0 radical (unpaired) electrons. The highest BCUT2D eigenvalue weighted by Gasteiger charge is 2.83. The van der Waals surface area contributed by atoms with Crippen LogP contribution in [0.3, 0.4) is 0 Å². The molecule has 0 spiro atoms. The summed E-state index contributed by atoms with van der Waals surface area (Å²) in [5, 5.41) is 11.3. The van der Waals surface area contributed by atoms with Crippen LogP contribution in [0.4, 0.5) is 11.4 Å². The molecule has 2 aromatic carbocycles. The maximum absolute atomic E-state index is 13.3. The summed E-state index contributed by atoms with van der Waals surface area (Å²) in [7, 11) is 1.20. The molecule has 2 fully saturated rings. The molecule has 2 aliphatic rings. The number of hydrogen-bond donors (Lipinski definition) is 0. The first kappa shape index (κ1) is 18.1. The lowest BCUT2D eigenvalue weighted by Gasteiger charge is -2.22. The predicted octanol–water partition coefficient (Wildman–Crippen LogP) is 2.48. The van der Waals surface area contributed by atoms with Crippen LogP contribution in [0.5, 0.6) is 0 Å². The van der Waals surface area contributed by atoms with Gasteiger partial charge in [-0.2, -0.15) is 0 Å². The summed E-state index contributed by atoms with van der Waals surface area (Å²) >= 11 is 5.92. The Bertz CT molecular complexity index is 1020. The van der Waals surface area contributed by atoms with Gasteiger partial charge in [-0.05, 0) is 29.8 Å². The number of amides is 2. The van der Waals surface area contributed by atoms with E-state index < -0.39 is 40.0 Å². The van der Waals surface area contributed by atoms with Gasteiger partial charge in [-0.1, -0.05) is 23.7 Å². The van der Waals surface area contributed by atoms with Crippen molar-refractivity contribution < 1.29 is 24.0 Å². The van der Waals surface area contributed by atoms with Gasteiger partial charge in [-0.15, -0.1) is 0 Å². The number of nitro benzene ring substituents is 1. The third-order valence-electron chi connectivity index (χ3n) is 5.34. The zero-order valence-electron chi connectivity index (χ0n) is 14.5. The van der Waals surface area contributed by atoms with E-state index in [9.17, 15) is 24.5 Å². The topological polar surface area (TPSA) is 107 Å². The number of piperidine rings is 1. The van der Waals surface area contributed by atoms with Crippen molar-refractivity contribution in [3.05, 3.63) is 69.2 Å². The Morgan fingerprint density at radius 2 is 1.75 bits per heavy atom. The third-order valence-corrected chi connectivity index (χ3v) is 5.60. The van der Waals surface area contributed by atoms with Crippen molar-refractivity contribution >= 4 is 40.8 Å². The van der Waals surface area contributed by atoms with Crippen molar-refractivity contribution in [2.75, 3.05) is 12.0 Å².